The summed E-state index contributed by atoms with van der Waals surface area (Å²) in [7, 11) is -4.73. The number of nitrogens with zero attached hydrogens (tertiary/aromatic N) is 3. The summed E-state index contributed by atoms with van der Waals surface area (Å²) < 4.78 is 40.2. The van der Waals surface area contributed by atoms with Gasteiger partial charge in [-0.3, -0.25) is 4.90 Å². The van der Waals surface area contributed by atoms with Gasteiger partial charge in [0, 0.05) is 5.69 Å². The van der Waals surface area contributed by atoms with Crippen LogP contribution >= 0.6 is 0 Å². The highest BCUT2D eigenvalue weighted by molar-refractivity contribution is 7.86. The third-order valence-electron chi connectivity index (χ3n) is 3.83. The Morgan fingerprint density at radius 1 is 1.00 bits per heavy atom. The first-order valence-corrected chi connectivity index (χ1v) is 9.27. The van der Waals surface area contributed by atoms with E-state index in [9.17, 15) is 12.3 Å². The molecule has 0 aromatic heterocycles. The van der Waals surface area contributed by atoms with Crippen LogP contribution in [0.4, 0.5) is 9.57 Å². The first-order chi connectivity index (χ1) is 12.6. The van der Waals surface area contributed by atoms with Gasteiger partial charge in [0.15, 0.2) is 0 Å². The van der Waals surface area contributed by atoms with E-state index >= 15 is 0 Å². The molecule has 0 unspecified atom stereocenters. The number of guanidine groups is 2. The van der Waals surface area contributed by atoms with Crippen molar-refractivity contribution in [3.05, 3.63) is 48.5 Å². The maximum Gasteiger partial charge on any atom is 0.332 e. The van der Waals surface area contributed by atoms with Crippen LogP contribution < -0.4 is 21.1 Å². The predicted molar refractivity (Wildman–Crippen MR) is 101 cm³/mol. The van der Waals surface area contributed by atoms with E-state index in [0.717, 1.165) is 17.8 Å². The molecule has 3 rings (SSSR count). The van der Waals surface area contributed by atoms with E-state index in [4.69, 9.17) is 16.2 Å². The predicted octanol–water partition coefficient (Wildman–Crippen LogP) is 2.32. The summed E-state index contributed by atoms with van der Waals surface area (Å²) in [5, 5.41) is 0. The second-order valence-electron chi connectivity index (χ2n) is 6.28. The van der Waals surface area contributed by atoms with Crippen molar-refractivity contribution >= 4 is 27.8 Å². The lowest BCUT2D eigenvalue weighted by Crippen LogP contribution is -2.54. The van der Waals surface area contributed by atoms with E-state index in [1.165, 1.54) is 12.1 Å². The van der Waals surface area contributed by atoms with Crippen molar-refractivity contribution in [2.75, 3.05) is 4.90 Å². The Bertz CT molecular complexity index is 1020. The molecule has 1 aliphatic rings. The van der Waals surface area contributed by atoms with E-state index in [0.29, 0.717) is 11.5 Å². The zero-order valence-corrected chi connectivity index (χ0v) is 15.4. The Labute approximate surface area is 156 Å². The Morgan fingerprint density at radius 3 is 2.00 bits per heavy atom. The Kier molecular flexibility index (Phi) is 4.52. The van der Waals surface area contributed by atoms with Gasteiger partial charge in [0.2, 0.25) is 11.9 Å². The standard InChI is InChI=1S/C17H18FN5O3S/c1-17(2)22-15(19)21-16(20)23(17)11-3-5-12(6-4-11)26-13-7-9-14(10-8-13)27(18,24)25/h3-10H,1-2H3,(H4,19,20,21,22). The number of aliphatic imine (C=N–C) groups is 2. The van der Waals surface area contributed by atoms with Gasteiger partial charge in [-0.2, -0.15) is 13.4 Å². The first-order valence-electron chi connectivity index (χ1n) is 7.89. The molecule has 0 radical (unpaired) electrons. The van der Waals surface area contributed by atoms with Gasteiger partial charge in [-0.25, -0.2) is 4.99 Å². The number of hydrogen-bond donors (Lipinski definition) is 2. The molecule has 0 saturated heterocycles. The van der Waals surface area contributed by atoms with Crippen molar-refractivity contribution in [1.82, 2.24) is 0 Å². The second-order valence-corrected chi connectivity index (χ2v) is 7.62. The molecule has 4 N–H and O–H groups in total. The molecule has 0 bridgehead atoms. The van der Waals surface area contributed by atoms with Crippen molar-refractivity contribution in [2.24, 2.45) is 21.5 Å². The molecule has 27 heavy (non-hydrogen) atoms. The van der Waals surface area contributed by atoms with Gasteiger partial charge < -0.3 is 16.2 Å². The monoisotopic (exact) mass is 391 g/mol. The number of rotatable bonds is 4. The minimum absolute atomic E-state index is 0.118. The highest BCUT2D eigenvalue weighted by Crippen LogP contribution is 2.30. The zero-order valence-electron chi connectivity index (χ0n) is 14.6. The van der Waals surface area contributed by atoms with Crippen LogP contribution in [0, 0.1) is 0 Å². The van der Waals surface area contributed by atoms with Gasteiger partial charge in [-0.05, 0) is 62.4 Å². The van der Waals surface area contributed by atoms with E-state index < -0.39 is 20.8 Å². The minimum Gasteiger partial charge on any atom is -0.457 e. The summed E-state index contributed by atoms with van der Waals surface area (Å²) >= 11 is 0. The summed E-state index contributed by atoms with van der Waals surface area (Å²) in [6, 6.07) is 12.0. The van der Waals surface area contributed by atoms with Crippen LogP contribution in [0.15, 0.2) is 63.4 Å². The van der Waals surface area contributed by atoms with Crippen molar-refractivity contribution in [3.63, 3.8) is 0 Å². The fraction of sp³-hybridized carbons (Fsp3) is 0.176. The molecule has 1 aliphatic heterocycles. The molecule has 0 amide bonds. The lowest BCUT2D eigenvalue weighted by Gasteiger charge is -2.38. The van der Waals surface area contributed by atoms with Gasteiger partial charge in [0.1, 0.15) is 17.2 Å². The summed E-state index contributed by atoms with van der Waals surface area (Å²) in [6.07, 6.45) is 0. The molecular weight excluding hydrogens is 373 g/mol. The number of nitrogens with two attached hydrogens (primary N) is 2. The summed E-state index contributed by atoms with van der Waals surface area (Å²) in [5.41, 5.74) is 11.7. The van der Waals surface area contributed by atoms with Gasteiger partial charge in [0.05, 0.1) is 4.90 Å². The molecule has 0 saturated carbocycles. The van der Waals surface area contributed by atoms with Crippen LogP contribution in [-0.2, 0) is 10.2 Å². The molecule has 10 heteroatoms. The number of benzene rings is 2. The molecular formula is C17H18FN5O3S. The van der Waals surface area contributed by atoms with Gasteiger partial charge in [-0.15, -0.1) is 3.89 Å². The fourth-order valence-corrected chi connectivity index (χ4v) is 3.18. The quantitative estimate of drug-likeness (QED) is 0.771. The molecule has 0 aliphatic carbocycles. The van der Waals surface area contributed by atoms with Crippen LogP contribution in [0.3, 0.4) is 0 Å². The highest BCUT2D eigenvalue weighted by Gasteiger charge is 2.32. The Balaban J connectivity index is 1.79. The summed E-state index contributed by atoms with van der Waals surface area (Å²) in [5.74, 6) is 1.21. The van der Waals surface area contributed by atoms with Crippen molar-refractivity contribution in [3.8, 4) is 11.5 Å². The number of hydrogen-bond acceptors (Lipinski definition) is 8. The molecule has 0 atom stereocenters. The van der Waals surface area contributed by atoms with Crippen LogP contribution in [0.2, 0.25) is 0 Å². The smallest absolute Gasteiger partial charge is 0.332 e. The number of halogens is 1. The third kappa shape index (κ3) is 4.00. The van der Waals surface area contributed by atoms with E-state index in [2.05, 4.69) is 9.98 Å². The van der Waals surface area contributed by atoms with Crippen molar-refractivity contribution in [2.45, 2.75) is 24.4 Å². The van der Waals surface area contributed by atoms with Gasteiger partial charge in [-0.1, -0.05) is 0 Å². The highest BCUT2D eigenvalue weighted by atomic mass is 32.3. The van der Waals surface area contributed by atoms with E-state index in [1.54, 1.807) is 29.2 Å². The van der Waals surface area contributed by atoms with E-state index in [1.807, 2.05) is 13.8 Å². The van der Waals surface area contributed by atoms with Crippen LogP contribution in [0.1, 0.15) is 13.8 Å². The maximum absolute atomic E-state index is 12.9. The van der Waals surface area contributed by atoms with Crippen LogP contribution in [0.25, 0.3) is 0 Å². The zero-order chi connectivity index (χ0) is 19.8. The van der Waals surface area contributed by atoms with Crippen LogP contribution in [-0.4, -0.2) is 26.0 Å². The fourth-order valence-electron chi connectivity index (χ4n) is 2.72. The largest absolute Gasteiger partial charge is 0.457 e. The van der Waals surface area contributed by atoms with Crippen molar-refractivity contribution < 1.29 is 17.0 Å². The molecule has 2 aromatic carbocycles. The third-order valence-corrected chi connectivity index (χ3v) is 4.66. The minimum atomic E-state index is -4.73. The number of anilines is 1. The maximum atomic E-state index is 12.9. The van der Waals surface area contributed by atoms with E-state index in [-0.39, 0.29) is 11.9 Å². The molecule has 0 fully saturated rings. The molecule has 8 nitrogen and oxygen atoms in total. The first kappa shape index (κ1) is 18.6. The lowest BCUT2D eigenvalue weighted by molar-refractivity contribution is 0.481. The van der Waals surface area contributed by atoms with Crippen LogP contribution in [0.5, 0.6) is 11.5 Å². The van der Waals surface area contributed by atoms with Crippen molar-refractivity contribution in [1.29, 1.82) is 0 Å². The normalized spacial score (nSPS) is 16.5. The lowest BCUT2D eigenvalue weighted by atomic mass is 10.1. The van der Waals surface area contributed by atoms with Gasteiger partial charge in [0.25, 0.3) is 0 Å². The number of ether oxygens (including phenoxy) is 1. The molecule has 2 aromatic rings. The summed E-state index contributed by atoms with van der Waals surface area (Å²) in [4.78, 5) is 9.58. The molecule has 1 heterocycles. The average molecular weight is 391 g/mol. The molecule has 142 valence electrons. The molecule has 0 spiro atoms. The SMILES string of the molecule is CC1(C)N=C(N)N=C(N)N1c1ccc(Oc2ccc(S(=O)(=O)F)cc2)cc1. The average Bonchev–Trinajstić information content (AvgIpc) is 2.54. The second kappa shape index (κ2) is 6.54. The Morgan fingerprint density at radius 2 is 1.52 bits per heavy atom. The Hall–Kier alpha value is -3.14. The topological polar surface area (TPSA) is 123 Å². The summed E-state index contributed by atoms with van der Waals surface area (Å²) in [6.45, 7) is 3.71. The van der Waals surface area contributed by atoms with Gasteiger partial charge >= 0.3 is 10.2 Å².